The second-order valence-electron chi connectivity index (χ2n) is 1.67. The summed E-state index contributed by atoms with van der Waals surface area (Å²) in [6, 6.07) is 0. The van der Waals surface area contributed by atoms with Crippen molar-refractivity contribution in [2.24, 2.45) is 0 Å². The van der Waals surface area contributed by atoms with Crippen molar-refractivity contribution in [1.82, 2.24) is 0 Å². The summed E-state index contributed by atoms with van der Waals surface area (Å²) in [5.41, 5.74) is 1.20. The molecule has 0 atom stereocenters. The third-order valence-electron chi connectivity index (χ3n) is 0.983. The van der Waals surface area contributed by atoms with E-state index in [0.717, 1.165) is 5.33 Å². The predicted molar refractivity (Wildman–Crippen MR) is 51.8 cm³/mol. The van der Waals surface area contributed by atoms with E-state index in [1.165, 1.54) is 9.15 Å². The van der Waals surface area contributed by atoms with E-state index in [0.29, 0.717) is 0 Å². The Balaban J connectivity index is 2.75. The molecule has 0 unspecified atom stereocenters. The zero-order valence-corrected chi connectivity index (χ0v) is 8.44. The number of allylic oxidation sites excluding steroid dienone is 6. The van der Waals surface area contributed by atoms with Crippen LogP contribution >= 0.6 is 38.5 Å². The number of rotatable bonds is 1. The molecule has 0 fully saturated rings. The summed E-state index contributed by atoms with van der Waals surface area (Å²) >= 11 is 5.61. The van der Waals surface area contributed by atoms with Gasteiger partial charge in [-0.15, -0.1) is 0 Å². The Bertz CT molecular complexity index is 189. The minimum Gasteiger partial charge on any atom is -0.0842 e. The van der Waals surface area contributed by atoms with Gasteiger partial charge in [-0.2, -0.15) is 0 Å². The van der Waals surface area contributed by atoms with Crippen LogP contribution in [0.25, 0.3) is 0 Å². The van der Waals surface area contributed by atoms with Crippen LogP contribution in [0.3, 0.4) is 0 Å². The normalized spacial score (nSPS) is 16.2. The Hall–Kier alpha value is 0.340. The van der Waals surface area contributed by atoms with E-state index in [1.807, 2.05) is 6.08 Å². The molecule has 0 radical (unpaired) electrons. The monoisotopic (exact) mass is 295 g/mol. The first kappa shape index (κ1) is 7.45. The third-order valence-corrected chi connectivity index (χ3v) is 2.26. The molecule has 0 aromatic carbocycles. The lowest BCUT2D eigenvalue weighted by Gasteiger charge is -1.87. The van der Waals surface area contributed by atoms with Crippen molar-refractivity contribution >= 4 is 38.5 Å². The van der Waals surface area contributed by atoms with Crippen LogP contribution in [0.4, 0.5) is 0 Å². The zero-order chi connectivity index (χ0) is 6.69. The highest BCUT2D eigenvalue weighted by Gasteiger charge is 2.04. The van der Waals surface area contributed by atoms with Crippen molar-refractivity contribution in [2.45, 2.75) is 0 Å². The van der Waals surface area contributed by atoms with Crippen molar-refractivity contribution in [3.8, 4) is 0 Å². The van der Waals surface area contributed by atoms with Crippen molar-refractivity contribution < 1.29 is 0 Å². The molecular weight excluding hydrogens is 291 g/mol. The van der Waals surface area contributed by atoms with Gasteiger partial charge in [0.25, 0.3) is 0 Å². The molecule has 2 heteroatoms. The minimum absolute atomic E-state index is 0.893. The van der Waals surface area contributed by atoms with Crippen LogP contribution in [0.15, 0.2) is 27.4 Å². The van der Waals surface area contributed by atoms with E-state index in [-0.39, 0.29) is 0 Å². The number of hydrogen-bond acceptors (Lipinski definition) is 0. The van der Waals surface area contributed by atoms with Gasteiger partial charge in [-0.1, -0.05) is 15.9 Å². The average molecular weight is 296 g/mol. The third kappa shape index (κ3) is 2.20. The SMILES string of the molecule is BrCC1=[C+]C=C(I)C=C1. The molecule has 0 aromatic rings. The quantitative estimate of drug-likeness (QED) is 0.396. The molecule has 0 saturated heterocycles. The number of hydrogen-bond donors (Lipinski definition) is 0. The first-order chi connectivity index (χ1) is 4.33. The van der Waals surface area contributed by atoms with Crippen LogP contribution in [0, 0.1) is 6.08 Å². The smallest absolute Gasteiger partial charge is 0.0842 e. The molecule has 0 aromatic heterocycles. The molecule has 0 saturated carbocycles. The Morgan fingerprint density at radius 2 is 2.33 bits per heavy atom. The van der Waals surface area contributed by atoms with Gasteiger partial charge in [0.1, 0.15) is 15.2 Å². The van der Waals surface area contributed by atoms with Crippen LogP contribution in [0.2, 0.25) is 0 Å². The van der Waals surface area contributed by atoms with Gasteiger partial charge in [0.05, 0.1) is 17.5 Å². The Kier molecular flexibility index (Phi) is 2.89. The predicted octanol–water partition coefficient (Wildman–Crippen LogP) is 3.00. The van der Waals surface area contributed by atoms with E-state index >= 15 is 0 Å². The molecule has 0 aliphatic heterocycles. The average Bonchev–Trinajstić information content (AvgIpc) is 1.90. The van der Waals surface area contributed by atoms with E-state index in [1.54, 1.807) is 0 Å². The second-order valence-corrected chi connectivity index (χ2v) is 3.47. The summed E-state index contributed by atoms with van der Waals surface area (Å²) in [5, 5.41) is 0.893. The lowest BCUT2D eigenvalue weighted by atomic mass is 10.2. The number of alkyl halides is 1. The zero-order valence-electron chi connectivity index (χ0n) is 4.70. The van der Waals surface area contributed by atoms with Crippen molar-refractivity contribution in [3.63, 3.8) is 0 Å². The fourth-order valence-corrected chi connectivity index (χ4v) is 1.21. The van der Waals surface area contributed by atoms with Crippen LogP contribution in [-0.2, 0) is 0 Å². The molecule has 0 bridgehead atoms. The largest absolute Gasteiger partial charge is 0.126 e. The Morgan fingerprint density at radius 1 is 1.56 bits per heavy atom. The molecule has 0 N–H and O–H groups in total. The topological polar surface area (TPSA) is 0 Å². The van der Waals surface area contributed by atoms with Gasteiger partial charge in [0, 0.05) is 28.7 Å². The lowest BCUT2D eigenvalue weighted by Crippen LogP contribution is -1.82. The first-order valence-corrected chi connectivity index (χ1v) is 4.75. The molecule has 1 aliphatic rings. The van der Waals surface area contributed by atoms with Crippen molar-refractivity contribution in [3.05, 3.63) is 33.5 Å². The van der Waals surface area contributed by atoms with E-state index < -0.39 is 0 Å². The fraction of sp³-hybridized carbons (Fsp3) is 0.143. The van der Waals surface area contributed by atoms with Crippen LogP contribution < -0.4 is 0 Å². The molecule has 0 amide bonds. The Morgan fingerprint density at radius 3 is 2.78 bits per heavy atom. The molecule has 0 spiro atoms. The highest BCUT2D eigenvalue weighted by molar-refractivity contribution is 14.1. The van der Waals surface area contributed by atoms with Gasteiger partial charge in [0.15, 0.2) is 0 Å². The van der Waals surface area contributed by atoms with Gasteiger partial charge in [-0.05, 0) is 0 Å². The minimum atomic E-state index is 0.893. The molecule has 1 rings (SSSR count). The van der Waals surface area contributed by atoms with Crippen molar-refractivity contribution in [2.75, 3.05) is 5.33 Å². The summed E-state index contributed by atoms with van der Waals surface area (Å²) in [6.07, 6.45) is 9.26. The maximum absolute atomic E-state index is 3.35. The standard InChI is InChI=1S/C7H5BrI/c8-5-6-1-3-7(9)4-2-6/h1,3-4H,5H2/q+1. The van der Waals surface area contributed by atoms with E-state index in [4.69, 9.17) is 0 Å². The summed E-state index contributed by atoms with van der Waals surface area (Å²) in [4.78, 5) is 0. The van der Waals surface area contributed by atoms with Crippen molar-refractivity contribution in [1.29, 1.82) is 0 Å². The molecule has 0 nitrogen and oxygen atoms in total. The van der Waals surface area contributed by atoms with Gasteiger partial charge < -0.3 is 0 Å². The second kappa shape index (κ2) is 3.49. The maximum Gasteiger partial charge on any atom is 0.126 e. The lowest BCUT2D eigenvalue weighted by molar-refractivity contribution is 1.50. The maximum atomic E-state index is 3.35. The number of halogens is 2. The molecular formula is C7H5BrI+. The Labute approximate surface area is 77.0 Å². The summed E-state index contributed by atoms with van der Waals surface area (Å²) < 4.78 is 1.23. The fourth-order valence-electron chi connectivity index (χ4n) is 0.521. The van der Waals surface area contributed by atoms with E-state index in [9.17, 15) is 0 Å². The first-order valence-electron chi connectivity index (χ1n) is 2.55. The summed E-state index contributed by atoms with van der Waals surface area (Å²) in [5.74, 6) is 0. The van der Waals surface area contributed by atoms with Crippen LogP contribution in [-0.4, -0.2) is 5.33 Å². The summed E-state index contributed by atoms with van der Waals surface area (Å²) in [6.45, 7) is 0. The molecule has 1 aliphatic carbocycles. The highest BCUT2D eigenvalue weighted by atomic mass is 127. The van der Waals surface area contributed by atoms with Crippen LogP contribution in [0.1, 0.15) is 0 Å². The van der Waals surface area contributed by atoms with Gasteiger partial charge in [0.2, 0.25) is 0 Å². The van der Waals surface area contributed by atoms with Crippen LogP contribution in [0.5, 0.6) is 0 Å². The molecule has 46 valence electrons. The molecule has 0 heterocycles. The van der Waals surface area contributed by atoms with Gasteiger partial charge >= 0.3 is 0 Å². The van der Waals surface area contributed by atoms with Gasteiger partial charge in [-0.25, -0.2) is 0 Å². The van der Waals surface area contributed by atoms with E-state index in [2.05, 4.69) is 56.7 Å². The highest BCUT2D eigenvalue weighted by Crippen LogP contribution is 2.15. The summed E-state index contributed by atoms with van der Waals surface area (Å²) in [7, 11) is 0. The van der Waals surface area contributed by atoms with Gasteiger partial charge in [-0.3, -0.25) is 0 Å². The molecule has 9 heavy (non-hydrogen) atoms.